The van der Waals surface area contributed by atoms with Gasteiger partial charge in [-0.05, 0) is 48.8 Å². The van der Waals surface area contributed by atoms with Gasteiger partial charge in [-0.3, -0.25) is 0 Å². The first kappa shape index (κ1) is 14.5. The second-order valence-electron chi connectivity index (χ2n) is 6.00. The third-order valence-electron chi connectivity index (χ3n) is 3.10. The molecule has 1 atom stereocenters. The molecule has 17 heavy (non-hydrogen) atoms. The van der Waals surface area contributed by atoms with Gasteiger partial charge in [-0.15, -0.1) is 0 Å². The molecular weight excluding hydrogens is 230 g/mol. The zero-order chi connectivity index (χ0) is 12.9. The number of halogens is 1. The maximum absolute atomic E-state index is 6.17. The van der Waals surface area contributed by atoms with Crippen molar-refractivity contribution in [2.45, 2.75) is 40.0 Å². The smallest absolute Gasteiger partial charge is 0.0438 e. The van der Waals surface area contributed by atoms with Gasteiger partial charge in [0.2, 0.25) is 0 Å². The molecule has 1 aromatic rings. The fourth-order valence-electron chi connectivity index (χ4n) is 1.92. The molecule has 1 nitrogen and oxygen atoms in total. The Morgan fingerprint density at radius 3 is 2.41 bits per heavy atom. The fourth-order valence-corrected chi connectivity index (χ4v) is 2.13. The summed E-state index contributed by atoms with van der Waals surface area (Å²) in [5.74, 6) is 0.536. The molecule has 96 valence electrons. The monoisotopic (exact) mass is 253 g/mol. The van der Waals surface area contributed by atoms with E-state index < -0.39 is 0 Å². The number of hydrogen-bond donors (Lipinski definition) is 1. The number of hydrogen-bond acceptors (Lipinski definition) is 1. The van der Waals surface area contributed by atoms with E-state index in [4.69, 9.17) is 17.3 Å². The van der Waals surface area contributed by atoms with E-state index in [9.17, 15) is 0 Å². The van der Waals surface area contributed by atoms with Gasteiger partial charge in [-0.1, -0.05) is 50.6 Å². The Kier molecular flexibility index (Phi) is 5.48. The highest BCUT2D eigenvalue weighted by atomic mass is 35.5. The van der Waals surface area contributed by atoms with E-state index in [1.54, 1.807) is 0 Å². The van der Waals surface area contributed by atoms with E-state index in [0.717, 1.165) is 18.0 Å². The minimum atomic E-state index is 0.383. The van der Waals surface area contributed by atoms with Gasteiger partial charge < -0.3 is 5.73 Å². The first-order valence-corrected chi connectivity index (χ1v) is 6.73. The molecule has 0 fully saturated rings. The van der Waals surface area contributed by atoms with Crippen molar-refractivity contribution >= 4 is 11.6 Å². The van der Waals surface area contributed by atoms with Crippen LogP contribution in [0.5, 0.6) is 0 Å². The molecule has 1 rings (SSSR count). The van der Waals surface area contributed by atoms with Crippen molar-refractivity contribution < 1.29 is 0 Å². The van der Waals surface area contributed by atoms with Crippen molar-refractivity contribution in [1.82, 2.24) is 0 Å². The van der Waals surface area contributed by atoms with Gasteiger partial charge in [0.25, 0.3) is 0 Å². The van der Waals surface area contributed by atoms with E-state index in [-0.39, 0.29) is 0 Å². The van der Waals surface area contributed by atoms with Crippen LogP contribution in [0.2, 0.25) is 5.02 Å². The maximum Gasteiger partial charge on any atom is 0.0438 e. The van der Waals surface area contributed by atoms with Gasteiger partial charge in [0, 0.05) is 5.02 Å². The number of nitrogens with two attached hydrogens (primary N) is 1. The van der Waals surface area contributed by atoms with Crippen LogP contribution in [-0.2, 0) is 6.42 Å². The van der Waals surface area contributed by atoms with Crippen molar-refractivity contribution in [3.63, 3.8) is 0 Å². The highest BCUT2D eigenvalue weighted by molar-refractivity contribution is 6.31. The lowest BCUT2D eigenvalue weighted by Crippen LogP contribution is -2.19. The quantitative estimate of drug-likeness (QED) is 0.833. The summed E-state index contributed by atoms with van der Waals surface area (Å²) < 4.78 is 0. The van der Waals surface area contributed by atoms with Gasteiger partial charge in [0.05, 0.1) is 0 Å². The zero-order valence-electron chi connectivity index (χ0n) is 11.2. The molecule has 0 radical (unpaired) electrons. The standard InChI is InChI=1S/C15H24ClN/c1-15(2,3)9-8-12(11-17)10-13-6-4-5-7-14(13)16/h4-7,12H,8-11,17H2,1-3H3. The summed E-state index contributed by atoms with van der Waals surface area (Å²) in [6.07, 6.45) is 3.37. The van der Waals surface area contributed by atoms with Crippen LogP contribution in [-0.4, -0.2) is 6.54 Å². The molecule has 1 aromatic carbocycles. The SMILES string of the molecule is CC(C)(C)CCC(CN)Cc1ccccc1Cl. The summed E-state index contributed by atoms with van der Waals surface area (Å²) >= 11 is 6.17. The first-order valence-electron chi connectivity index (χ1n) is 6.36. The van der Waals surface area contributed by atoms with Crippen molar-refractivity contribution in [2.75, 3.05) is 6.54 Å². The normalized spacial score (nSPS) is 13.7. The van der Waals surface area contributed by atoms with E-state index in [1.807, 2.05) is 18.2 Å². The summed E-state index contributed by atoms with van der Waals surface area (Å²) in [6.45, 7) is 7.56. The van der Waals surface area contributed by atoms with Crippen LogP contribution < -0.4 is 5.73 Å². The molecule has 0 aliphatic heterocycles. The minimum absolute atomic E-state index is 0.383. The second kappa shape index (κ2) is 6.42. The van der Waals surface area contributed by atoms with Crippen LogP contribution in [0.15, 0.2) is 24.3 Å². The predicted molar refractivity (Wildman–Crippen MR) is 76.4 cm³/mol. The Balaban J connectivity index is 2.56. The van der Waals surface area contributed by atoms with Gasteiger partial charge in [-0.25, -0.2) is 0 Å². The molecule has 1 unspecified atom stereocenters. The lowest BCUT2D eigenvalue weighted by molar-refractivity contribution is 0.323. The molecular formula is C15H24ClN. The zero-order valence-corrected chi connectivity index (χ0v) is 11.9. The summed E-state index contributed by atoms with van der Waals surface area (Å²) in [4.78, 5) is 0. The summed E-state index contributed by atoms with van der Waals surface area (Å²) in [6, 6.07) is 8.06. The van der Waals surface area contributed by atoms with Crippen LogP contribution in [0.1, 0.15) is 39.2 Å². The van der Waals surface area contributed by atoms with E-state index in [2.05, 4.69) is 26.8 Å². The molecule has 0 heterocycles. The van der Waals surface area contributed by atoms with Crippen LogP contribution in [0.25, 0.3) is 0 Å². The van der Waals surface area contributed by atoms with Crippen LogP contribution in [0, 0.1) is 11.3 Å². The van der Waals surface area contributed by atoms with Crippen molar-refractivity contribution in [1.29, 1.82) is 0 Å². The molecule has 0 aliphatic rings. The summed E-state index contributed by atoms with van der Waals surface area (Å²) in [7, 11) is 0. The highest BCUT2D eigenvalue weighted by Gasteiger charge is 2.15. The third kappa shape index (κ3) is 5.56. The van der Waals surface area contributed by atoms with Crippen LogP contribution >= 0.6 is 11.6 Å². The van der Waals surface area contributed by atoms with E-state index >= 15 is 0 Å². The molecule has 0 aromatic heterocycles. The van der Waals surface area contributed by atoms with E-state index in [0.29, 0.717) is 11.3 Å². The molecule has 0 amide bonds. The first-order chi connectivity index (χ1) is 7.92. The van der Waals surface area contributed by atoms with Crippen LogP contribution in [0.3, 0.4) is 0 Å². The molecule has 2 heteroatoms. The topological polar surface area (TPSA) is 26.0 Å². The summed E-state index contributed by atoms with van der Waals surface area (Å²) in [5, 5.41) is 0.863. The minimum Gasteiger partial charge on any atom is -0.330 e. The summed E-state index contributed by atoms with van der Waals surface area (Å²) in [5.41, 5.74) is 7.46. The van der Waals surface area contributed by atoms with Crippen LogP contribution in [0.4, 0.5) is 0 Å². The Morgan fingerprint density at radius 2 is 1.88 bits per heavy atom. The lowest BCUT2D eigenvalue weighted by Gasteiger charge is -2.22. The number of rotatable bonds is 5. The van der Waals surface area contributed by atoms with Gasteiger partial charge in [-0.2, -0.15) is 0 Å². The van der Waals surface area contributed by atoms with Crippen molar-refractivity contribution in [2.24, 2.45) is 17.1 Å². The van der Waals surface area contributed by atoms with Crippen molar-refractivity contribution in [3.8, 4) is 0 Å². The molecule has 0 saturated carbocycles. The largest absolute Gasteiger partial charge is 0.330 e. The predicted octanol–water partition coefficient (Wildman–Crippen LogP) is 4.28. The molecule has 2 N–H and O–H groups in total. The van der Waals surface area contributed by atoms with Gasteiger partial charge in [0.15, 0.2) is 0 Å². The Bertz CT molecular complexity index is 341. The third-order valence-corrected chi connectivity index (χ3v) is 3.47. The van der Waals surface area contributed by atoms with Gasteiger partial charge >= 0.3 is 0 Å². The molecule has 0 bridgehead atoms. The average molecular weight is 254 g/mol. The molecule has 0 spiro atoms. The fraction of sp³-hybridized carbons (Fsp3) is 0.600. The highest BCUT2D eigenvalue weighted by Crippen LogP contribution is 2.26. The van der Waals surface area contributed by atoms with Crippen molar-refractivity contribution in [3.05, 3.63) is 34.9 Å². The van der Waals surface area contributed by atoms with Gasteiger partial charge in [0.1, 0.15) is 0 Å². The average Bonchev–Trinajstić information content (AvgIpc) is 2.25. The number of benzene rings is 1. The Labute approximate surface area is 110 Å². The Hall–Kier alpha value is -0.530. The Morgan fingerprint density at radius 1 is 1.24 bits per heavy atom. The molecule has 0 saturated heterocycles. The molecule has 0 aliphatic carbocycles. The second-order valence-corrected chi connectivity index (χ2v) is 6.40. The maximum atomic E-state index is 6.17. The lowest BCUT2D eigenvalue weighted by atomic mass is 9.84. The van der Waals surface area contributed by atoms with E-state index in [1.165, 1.54) is 18.4 Å².